The van der Waals surface area contributed by atoms with Gasteiger partial charge >= 0.3 is 12.1 Å². The summed E-state index contributed by atoms with van der Waals surface area (Å²) in [5.41, 5.74) is -0.0375. The number of halogens is 3. The minimum Gasteiger partial charge on any atom is -0.481 e. The van der Waals surface area contributed by atoms with Crippen molar-refractivity contribution in [3.05, 3.63) is 35.4 Å². The summed E-state index contributed by atoms with van der Waals surface area (Å²) >= 11 is 1.21. The van der Waals surface area contributed by atoms with Crippen LogP contribution < -0.4 is 5.32 Å². The fourth-order valence-electron chi connectivity index (χ4n) is 2.09. The molecule has 24 heavy (non-hydrogen) atoms. The van der Waals surface area contributed by atoms with Crippen LogP contribution in [0.4, 0.5) is 13.2 Å². The molecule has 0 spiro atoms. The number of hydrogen-bond donors (Lipinski definition) is 2. The summed E-state index contributed by atoms with van der Waals surface area (Å²) in [6.07, 6.45) is -3.44. The smallest absolute Gasteiger partial charge is 0.416 e. The van der Waals surface area contributed by atoms with E-state index in [2.05, 4.69) is 5.32 Å². The fraction of sp³-hybridized carbons (Fsp3) is 0.500. The van der Waals surface area contributed by atoms with Gasteiger partial charge in [-0.05, 0) is 30.5 Å². The van der Waals surface area contributed by atoms with Crippen molar-refractivity contribution in [3.63, 3.8) is 0 Å². The standard InChI is InChI=1S/C16H20F3NO3S/c1-2-12(15(23)20-7-8-24-10-14(21)22)9-11-3-5-13(6-4-11)16(17,18)19/h3-6,12H,2,7-10H2,1H3,(H,20,23)(H,21,22). The molecule has 0 heterocycles. The number of rotatable bonds is 9. The first-order valence-corrected chi connectivity index (χ1v) is 8.63. The van der Waals surface area contributed by atoms with E-state index in [-0.39, 0.29) is 17.6 Å². The second-order valence-corrected chi connectivity index (χ2v) is 6.35. The molecular formula is C16H20F3NO3S. The lowest BCUT2D eigenvalue weighted by Gasteiger charge is -2.15. The van der Waals surface area contributed by atoms with E-state index in [1.807, 2.05) is 6.92 Å². The van der Waals surface area contributed by atoms with E-state index in [4.69, 9.17) is 5.11 Å². The van der Waals surface area contributed by atoms with Gasteiger partial charge in [-0.2, -0.15) is 13.2 Å². The summed E-state index contributed by atoms with van der Waals surface area (Å²) in [5.74, 6) is -0.924. The number of nitrogens with one attached hydrogen (secondary N) is 1. The summed E-state index contributed by atoms with van der Waals surface area (Å²) in [4.78, 5) is 22.4. The molecule has 0 aliphatic heterocycles. The van der Waals surface area contributed by atoms with E-state index in [0.717, 1.165) is 12.1 Å². The molecule has 0 radical (unpaired) electrons. The average Bonchev–Trinajstić information content (AvgIpc) is 2.51. The number of carboxylic acids is 1. The Bertz CT molecular complexity index is 546. The summed E-state index contributed by atoms with van der Waals surface area (Å²) in [5, 5.41) is 11.2. The quantitative estimate of drug-likeness (QED) is 0.661. The molecule has 134 valence electrons. The molecule has 1 amide bonds. The van der Waals surface area contributed by atoms with Crippen LogP contribution in [0.2, 0.25) is 0 Å². The molecule has 1 unspecified atom stereocenters. The second kappa shape index (κ2) is 9.56. The predicted octanol–water partition coefficient (Wildman–Crippen LogP) is 3.21. The summed E-state index contributed by atoms with van der Waals surface area (Å²) in [6.45, 7) is 2.20. The predicted molar refractivity (Wildman–Crippen MR) is 86.9 cm³/mol. The van der Waals surface area contributed by atoms with Gasteiger partial charge in [0.05, 0.1) is 11.3 Å². The van der Waals surface area contributed by atoms with Crippen LogP contribution >= 0.6 is 11.8 Å². The molecule has 8 heteroatoms. The largest absolute Gasteiger partial charge is 0.481 e. The highest BCUT2D eigenvalue weighted by Crippen LogP contribution is 2.29. The lowest BCUT2D eigenvalue weighted by molar-refractivity contribution is -0.137. The topological polar surface area (TPSA) is 66.4 Å². The third kappa shape index (κ3) is 7.25. The Morgan fingerprint density at radius 3 is 2.38 bits per heavy atom. The number of carbonyl (C=O) groups is 2. The lowest BCUT2D eigenvalue weighted by Crippen LogP contribution is -2.33. The van der Waals surface area contributed by atoms with E-state index in [9.17, 15) is 22.8 Å². The van der Waals surface area contributed by atoms with Crippen molar-refractivity contribution in [2.75, 3.05) is 18.1 Å². The normalized spacial score (nSPS) is 12.7. The molecule has 0 bridgehead atoms. The molecule has 0 saturated heterocycles. The zero-order chi connectivity index (χ0) is 18.2. The Kier molecular flexibility index (Phi) is 8.10. The minimum atomic E-state index is -4.37. The molecular weight excluding hydrogens is 343 g/mol. The van der Waals surface area contributed by atoms with Gasteiger partial charge in [-0.1, -0.05) is 19.1 Å². The van der Waals surface area contributed by atoms with Gasteiger partial charge < -0.3 is 10.4 Å². The summed E-state index contributed by atoms with van der Waals surface area (Å²) < 4.78 is 37.6. The van der Waals surface area contributed by atoms with E-state index >= 15 is 0 Å². The van der Waals surface area contributed by atoms with Crippen LogP contribution in [0.5, 0.6) is 0 Å². The number of alkyl halides is 3. The number of carbonyl (C=O) groups excluding carboxylic acids is 1. The van der Waals surface area contributed by atoms with Crippen LogP contribution in [-0.2, 0) is 22.2 Å². The molecule has 2 N–H and O–H groups in total. The molecule has 0 fully saturated rings. The Labute approximate surface area is 142 Å². The molecule has 0 aliphatic rings. The number of amides is 1. The zero-order valence-electron chi connectivity index (χ0n) is 13.2. The maximum absolute atomic E-state index is 12.5. The molecule has 1 atom stereocenters. The first-order valence-electron chi connectivity index (χ1n) is 7.47. The average molecular weight is 363 g/mol. The van der Waals surface area contributed by atoms with Crippen LogP contribution in [0.3, 0.4) is 0 Å². The van der Waals surface area contributed by atoms with Gasteiger partial charge in [-0.25, -0.2) is 0 Å². The van der Waals surface area contributed by atoms with Gasteiger partial charge in [0, 0.05) is 18.2 Å². The van der Waals surface area contributed by atoms with Gasteiger partial charge in [0.1, 0.15) is 0 Å². The lowest BCUT2D eigenvalue weighted by atomic mass is 9.95. The van der Waals surface area contributed by atoms with E-state index in [1.165, 1.54) is 23.9 Å². The van der Waals surface area contributed by atoms with Crippen LogP contribution in [0.15, 0.2) is 24.3 Å². The van der Waals surface area contributed by atoms with Crippen molar-refractivity contribution in [1.29, 1.82) is 0 Å². The van der Waals surface area contributed by atoms with Gasteiger partial charge in [0.25, 0.3) is 0 Å². The van der Waals surface area contributed by atoms with E-state index in [0.29, 0.717) is 30.7 Å². The van der Waals surface area contributed by atoms with Crippen molar-refractivity contribution >= 4 is 23.6 Å². The SMILES string of the molecule is CCC(Cc1ccc(C(F)(F)F)cc1)C(=O)NCCSCC(=O)O. The summed E-state index contributed by atoms with van der Waals surface area (Å²) in [6, 6.07) is 4.81. The highest BCUT2D eigenvalue weighted by molar-refractivity contribution is 7.99. The van der Waals surface area contributed by atoms with Crippen LogP contribution in [0.1, 0.15) is 24.5 Å². The Morgan fingerprint density at radius 1 is 1.25 bits per heavy atom. The molecule has 4 nitrogen and oxygen atoms in total. The molecule has 0 aromatic heterocycles. The van der Waals surface area contributed by atoms with E-state index in [1.54, 1.807) is 0 Å². The number of aliphatic carboxylic acids is 1. The van der Waals surface area contributed by atoms with Crippen molar-refractivity contribution in [2.24, 2.45) is 5.92 Å². The number of carboxylic acid groups (broad SMARTS) is 1. The van der Waals surface area contributed by atoms with Gasteiger partial charge in [0.15, 0.2) is 0 Å². The van der Waals surface area contributed by atoms with Crippen molar-refractivity contribution in [1.82, 2.24) is 5.32 Å². The van der Waals surface area contributed by atoms with Crippen molar-refractivity contribution in [3.8, 4) is 0 Å². The fourth-order valence-corrected chi connectivity index (χ4v) is 2.65. The molecule has 0 saturated carbocycles. The monoisotopic (exact) mass is 363 g/mol. The Balaban J connectivity index is 2.48. The third-order valence-corrected chi connectivity index (χ3v) is 4.34. The first kappa shape index (κ1) is 20.3. The molecule has 0 aliphatic carbocycles. The van der Waals surface area contributed by atoms with Gasteiger partial charge in [-0.3, -0.25) is 9.59 Å². The molecule has 1 aromatic rings. The van der Waals surface area contributed by atoms with E-state index < -0.39 is 17.7 Å². The number of benzene rings is 1. The second-order valence-electron chi connectivity index (χ2n) is 5.24. The van der Waals surface area contributed by atoms with Crippen molar-refractivity contribution in [2.45, 2.75) is 25.9 Å². The van der Waals surface area contributed by atoms with Crippen molar-refractivity contribution < 1.29 is 27.9 Å². The van der Waals surface area contributed by atoms with Gasteiger partial charge in [0.2, 0.25) is 5.91 Å². The number of thioether (sulfide) groups is 1. The minimum absolute atomic E-state index is 0.0152. The maximum atomic E-state index is 12.5. The third-order valence-electron chi connectivity index (χ3n) is 3.40. The molecule has 1 rings (SSSR count). The Hall–Kier alpha value is -1.70. The van der Waals surface area contributed by atoms with Crippen LogP contribution in [0.25, 0.3) is 0 Å². The zero-order valence-corrected chi connectivity index (χ0v) is 14.0. The van der Waals surface area contributed by atoms with Gasteiger partial charge in [-0.15, -0.1) is 11.8 Å². The maximum Gasteiger partial charge on any atom is 0.416 e. The highest BCUT2D eigenvalue weighted by Gasteiger charge is 2.30. The first-order chi connectivity index (χ1) is 11.2. The Morgan fingerprint density at radius 2 is 1.88 bits per heavy atom. The molecule has 1 aromatic carbocycles. The number of hydrogen-bond acceptors (Lipinski definition) is 3. The summed E-state index contributed by atoms with van der Waals surface area (Å²) in [7, 11) is 0. The highest BCUT2D eigenvalue weighted by atomic mass is 32.2. The van der Waals surface area contributed by atoms with Crippen LogP contribution in [0, 0.1) is 5.92 Å². The van der Waals surface area contributed by atoms with Crippen LogP contribution in [-0.4, -0.2) is 35.0 Å².